The van der Waals surface area contributed by atoms with Gasteiger partial charge in [0.15, 0.2) is 0 Å². The Morgan fingerprint density at radius 1 is 1.15 bits per heavy atom. The van der Waals surface area contributed by atoms with Crippen molar-refractivity contribution in [3.05, 3.63) is 77.9 Å². The van der Waals surface area contributed by atoms with Gasteiger partial charge in [-0.25, -0.2) is 15.2 Å². The molecule has 0 radical (unpaired) electrons. The van der Waals surface area contributed by atoms with E-state index in [0.29, 0.717) is 22.8 Å². The maximum absolute atomic E-state index is 12.7. The van der Waals surface area contributed by atoms with Crippen LogP contribution >= 0.6 is 0 Å². The van der Waals surface area contributed by atoms with Crippen molar-refractivity contribution in [1.29, 1.82) is 0 Å². The van der Waals surface area contributed by atoms with Gasteiger partial charge in [0.25, 0.3) is 5.91 Å². The summed E-state index contributed by atoms with van der Waals surface area (Å²) in [5.41, 5.74) is 4.58. The predicted octanol–water partition coefficient (Wildman–Crippen LogP) is 2.41. The van der Waals surface area contributed by atoms with Crippen molar-refractivity contribution < 1.29 is 23.8 Å². The van der Waals surface area contributed by atoms with E-state index in [4.69, 9.17) is 14.2 Å². The largest absolute Gasteiger partial charge is 0.497 e. The van der Waals surface area contributed by atoms with E-state index in [1.54, 1.807) is 31.5 Å². The SMILES string of the molecule is COc1ccc(/C=N\NC(=O)[C@H](Cc2cnc[nH]2)NC(=O)OCc2ccccc2)c(OC)c1. The van der Waals surface area contributed by atoms with Crippen LogP contribution in [0.5, 0.6) is 11.5 Å². The van der Waals surface area contributed by atoms with Crippen LogP contribution in [0.1, 0.15) is 16.8 Å². The number of hydrazone groups is 1. The number of alkyl carbamates (subject to hydrolysis) is 1. The summed E-state index contributed by atoms with van der Waals surface area (Å²) in [5.74, 6) is 0.639. The molecule has 0 spiro atoms. The van der Waals surface area contributed by atoms with Crippen LogP contribution in [-0.4, -0.2) is 48.4 Å². The quantitative estimate of drug-likeness (QED) is 0.321. The van der Waals surface area contributed by atoms with Gasteiger partial charge in [-0.1, -0.05) is 30.3 Å². The summed E-state index contributed by atoms with van der Waals surface area (Å²) in [6.45, 7) is 0.0838. The Balaban J connectivity index is 1.62. The van der Waals surface area contributed by atoms with Crippen LogP contribution in [0.25, 0.3) is 0 Å². The second-order valence-electron chi connectivity index (χ2n) is 6.88. The molecule has 2 aromatic carbocycles. The minimum Gasteiger partial charge on any atom is -0.497 e. The number of nitrogens with one attached hydrogen (secondary N) is 3. The van der Waals surface area contributed by atoms with E-state index in [1.165, 1.54) is 19.7 Å². The third kappa shape index (κ3) is 7.10. The van der Waals surface area contributed by atoms with Crippen molar-refractivity contribution in [3.8, 4) is 11.5 Å². The van der Waals surface area contributed by atoms with Gasteiger partial charge in [0.1, 0.15) is 24.1 Å². The van der Waals surface area contributed by atoms with E-state index >= 15 is 0 Å². The van der Waals surface area contributed by atoms with Gasteiger partial charge in [-0.3, -0.25) is 4.79 Å². The summed E-state index contributed by atoms with van der Waals surface area (Å²) in [6, 6.07) is 13.5. The van der Waals surface area contributed by atoms with Crippen molar-refractivity contribution in [2.75, 3.05) is 14.2 Å². The van der Waals surface area contributed by atoms with Gasteiger partial charge in [0.05, 0.1) is 26.8 Å². The number of carbonyl (C=O) groups excluding carboxylic acids is 2. The summed E-state index contributed by atoms with van der Waals surface area (Å²) in [5, 5.41) is 6.57. The molecule has 1 aromatic heterocycles. The molecule has 0 bridgehead atoms. The Hall–Kier alpha value is -4.34. The van der Waals surface area contributed by atoms with Crippen molar-refractivity contribution in [1.82, 2.24) is 20.7 Å². The zero-order valence-corrected chi connectivity index (χ0v) is 18.3. The number of hydrogen-bond acceptors (Lipinski definition) is 7. The molecule has 10 heteroatoms. The monoisotopic (exact) mass is 451 g/mol. The van der Waals surface area contributed by atoms with Gasteiger partial charge in [-0.2, -0.15) is 5.10 Å². The molecule has 2 amide bonds. The molecule has 0 aliphatic carbocycles. The molecule has 0 saturated heterocycles. The van der Waals surface area contributed by atoms with E-state index in [9.17, 15) is 9.59 Å². The van der Waals surface area contributed by atoms with E-state index < -0.39 is 18.0 Å². The molecule has 3 N–H and O–H groups in total. The highest BCUT2D eigenvalue weighted by Gasteiger charge is 2.22. The molecule has 172 valence electrons. The summed E-state index contributed by atoms with van der Waals surface area (Å²) in [7, 11) is 3.08. The van der Waals surface area contributed by atoms with Crippen molar-refractivity contribution in [3.63, 3.8) is 0 Å². The van der Waals surface area contributed by atoms with Gasteiger partial charge in [0, 0.05) is 29.9 Å². The lowest BCUT2D eigenvalue weighted by Crippen LogP contribution is -2.47. The van der Waals surface area contributed by atoms with Gasteiger partial charge < -0.3 is 24.5 Å². The van der Waals surface area contributed by atoms with Crippen LogP contribution in [0.3, 0.4) is 0 Å². The number of ether oxygens (including phenoxy) is 3. The minimum absolute atomic E-state index is 0.0838. The molecule has 10 nitrogen and oxygen atoms in total. The van der Waals surface area contributed by atoms with E-state index in [-0.39, 0.29) is 13.0 Å². The fourth-order valence-electron chi connectivity index (χ4n) is 2.90. The Labute approximate surface area is 191 Å². The Morgan fingerprint density at radius 3 is 2.67 bits per heavy atom. The first-order valence-corrected chi connectivity index (χ1v) is 10.1. The molecule has 0 fully saturated rings. The van der Waals surface area contributed by atoms with Crippen LogP contribution in [-0.2, 0) is 22.6 Å². The highest BCUT2D eigenvalue weighted by Crippen LogP contribution is 2.23. The zero-order chi connectivity index (χ0) is 23.5. The van der Waals surface area contributed by atoms with Gasteiger partial charge in [0.2, 0.25) is 0 Å². The van der Waals surface area contributed by atoms with Crippen LogP contribution < -0.4 is 20.2 Å². The Bertz CT molecular complexity index is 1070. The van der Waals surface area contributed by atoms with Crippen molar-refractivity contribution in [2.24, 2.45) is 5.10 Å². The number of carbonyl (C=O) groups is 2. The van der Waals surface area contributed by atoms with Crippen LogP contribution in [0.2, 0.25) is 0 Å². The molecular weight excluding hydrogens is 426 g/mol. The Morgan fingerprint density at radius 2 is 1.97 bits per heavy atom. The predicted molar refractivity (Wildman–Crippen MR) is 121 cm³/mol. The number of rotatable bonds is 10. The number of H-pyrrole nitrogens is 1. The van der Waals surface area contributed by atoms with Gasteiger partial charge in [-0.15, -0.1) is 0 Å². The zero-order valence-electron chi connectivity index (χ0n) is 18.3. The highest BCUT2D eigenvalue weighted by atomic mass is 16.5. The molecule has 0 saturated carbocycles. The van der Waals surface area contributed by atoms with Crippen molar-refractivity contribution in [2.45, 2.75) is 19.1 Å². The molecule has 0 aliphatic heterocycles. The van der Waals surface area contributed by atoms with Crippen LogP contribution in [0.15, 0.2) is 66.2 Å². The van der Waals surface area contributed by atoms with Gasteiger partial charge in [-0.05, 0) is 17.7 Å². The smallest absolute Gasteiger partial charge is 0.408 e. The molecule has 0 unspecified atom stereocenters. The molecule has 0 aliphatic rings. The molecule has 3 rings (SSSR count). The van der Waals surface area contributed by atoms with Crippen molar-refractivity contribution >= 4 is 18.2 Å². The summed E-state index contributed by atoms with van der Waals surface area (Å²) < 4.78 is 15.7. The van der Waals surface area contributed by atoms with E-state index in [1.807, 2.05) is 30.3 Å². The molecule has 1 heterocycles. The second-order valence-corrected chi connectivity index (χ2v) is 6.88. The Kier molecular flexibility index (Phi) is 8.41. The average molecular weight is 451 g/mol. The molecular formula is C23H25N5O5. The maximum Gasteiger partial charge on any atom is 0.408 e. The number of methoxy groups -OCH3 is 2. The topological polar surface area (TPSA) is 127 Å². The summed E-state index contributed by atoms with van der Waals surface area (Å²) in [6.07, 6.45) is 3.96. The fraction of sp³-hybridized carbons (Fsp3) is 0.217. The highest BCUT2D eigenvalue weighted by molar-refractivity contribution is 5.88. The van der Waals surface area contributed by atoms with Gasteiger partial charge >= 0.3 is 6.09 Å². The first kappa shape index (κ1) is 23.3. The molecule has 3 aromatic rings. The number of amides is 2. The van der Waals surface area contributed by atoms with E-state index in [0.717, 1.165) is 5.56 Å². The summed E-state index contributed by atoms with van der Waals surface area (Å²) >= 11 is 0. The number of imidazole rings is 1. The lowest BCUT2D eigenvalue weighted by atomic mass is 10.1. The average Bonchev–Trinajstić information content (AvgIpc) is 3.36. The number of aromatic amines is 1. The third-order valence-electron chi connectivity index (χ3n) is 4.62. The fourth-order valence-corrected chi connectivity index (χ4v) is 2.90. The normalized spacial score (nSPS) is 11.6. The minimum atomic E-state index is -0.941. The number of nitrogens with zero attached hydrogens (tertiary/aromatic N) is 2. The lowest BCUT2D eigenvalue weighted by Gasteiger charge is -2.16. The number of benzene rings is 2. The number of hydrogen-bond donors (Lipinski definition) is 3. The summed E-state index contributed by atoms with van der Waals surface area (Å²) in [4.78, 5) is 31.9. The van der Waals surface area contributed by atoms with E-state index in [2.05, 4.69) is 25.8 Å². The third-order valence-corrected chi connectivity index (χ3v) is 4.62. The van der Waals surface area contributed by atoms with Crippen LogP contribution in [0, 0.1) is 0 Å². The maximum atomic E-state index is 12.7. The first-order chi connectivity index (χ1) is 16.1. The lowest BCUT2D eigenvalue weighted by molar-refractivity contribution is -0.123. The first-order valence-electron chi connectivity index (χ1n) is 10.1. The number of aromatic nitrogens is 2. The molecule has 33 heavy (non-hydrogen) atoms. The van der Waals surface area contributed by atoms with Crippen LogP contribution in [0.4, 0.5) is 4.79 Å². The molecule has 1 atom stereocenters. The standard InChI is InChI=1S/C23H25N5O5/c1-31-19-9-8-17(21(11-19)32-2)12-26-28-22(29)20(10-18-13-24-15-25-18)27-23(30)33-14-16-6-4-3-5-7-16/h3-9,11-13,15,20H,10,14H2,1-2H3,(H,24,25)(H,27,30)(H,28,29)/b26-12-/t20-/m0/s1. The second kappa shape index (κ2) is 11.9.